The van der Waals surface area contributed by atoms with Crippen LogP contribution in [0.2, 0.25) is 0 Å². The van der Waals surface area contributed by atoms with Gasteiger partial charge < -0.3 is 9.32 Å². The molecular formula is C21H24N2O2. The van der Waals surface area contributed by atoms with Crippen molar-refractivity contribution in [3.05, 3.63) is 59.5 Å². The summed E-state index contributed by atoms with van der Waals surface area (Å²) in [5.74, 6) is 1.18. The zero-order valence-electron chi connectivity index (χ0n) is 14.6. The highest BCUT2D eigenvalue weighted by Crippen LogP contribution is 2.46. The lowest BCUT2D eigenvalue weighted by atomic mass is 9.75. The summed E-state index contributed by atoms with van der Waals surface area (Å²) in [5, 5.41) is 0. The molecule has 4 saturated heterocycles. The van der Waals surface area contributed by atoms with E-state index >= 15 is 0 Å². The fourth-order valence-electron chi connectivity index (χ4n) is 5.31. The summed E-state index contributed by atoms with van der Waals surface area (Å²) in [6.07, 6.45) is 5.61. The Morgan fingerprint density at radius 3 is 2.52 bits per heavy atom. The van der Waals surface area contributed by atoms with Crippen LogP contribution in [0, 0.1) is 12.8 Å². The number of hydrogen-bond donors (Lipinski definition) is 0. The summed E-state index contributed by atoms with van der Waals surface area (Å²) in [5.41, 5.74) is 3.34. The highest BCUT2D eigenvalue weighted by atomic mass is 16.3. The van der Waals surface area contributed by atoms with Gasteiger partial charge in [0, 0.05) is 18.5 Å². The third-order valence-electron chi connectivity index (χ3n) is 6.53. The number of nitrogens with zero attached hydrogens (tertiary/aromatic N) is 2. The van der Waals surface area contributed by atoms with Gasteiger partial charge in [-0.2, -0.15) is 0 Å². The molecule has 5 heterocycles. The monoisotopic (exact) mass is 336 g/mol. The Hall–Kier alpha value is -2.07. The quantitative estimate of drug-likeness (QED) is 0.844. The molecule has 25 heavy (non-hydrogen) atoms. The van der Waals surface area contributed by atoms with Crippen molar-refractivity contribution in [1.29, 1.82) is 0 Å². The van der Waals surface area contributed by atoms with Crippen LogP contribution in [0.1, 0.15) is 40.2 Å². The van der Waals surface area contributed by atoms with E-state index in [2.05, 4.69) is 41.0 Å². The Morgan fingerprint density at radius 1 is 1.08 bits per heavy atom. The number of carbonyl (C=O) groups excluding carboxylic acids is 1. The number of amides is 1. The van der Waals surface area contributed by atoms with E-state index in [0.29, 0.717) is 29.5 Å². The van der Waals surface area contributed by atoms with Crippen molar-refractivity contribution in [2.45, 2.75) is 37.8 Å². The minimum absolute atomic E-state index is 0.132. The van der Waals surface area contributed by atoms with E-state index in [4.69, 9.17) is 4.42 Å². The van der Waals surface area contributed by atoms with Crippen LogP contribution in [-0.2, 0) is 0 Å². The second-order valence-corrected chi connectivity index (χ2v) is 7.84. The van der Waals surface area contributed by atoms with Gasteiger partial charge in [0.15, 0.2) is 0 Å². The zero-order chi connectivity index (χ0) is 17.0. The van der Waals surface area contributed by atoms with Gasteiger partial charge in [0.2, 0.25) is 0 Å². The molecule has 0 aliphatic carbocycles. The largest absolute Gasteiger partial charge is 0.472 e. The minimum Gasteiger partial charge on any atom is -0.472 e. The molecule has 1 aromatic heterocycles. The van der Waals surface area contributed by atoms with Crippen LogP contribution in [0.5, 0.6) is 0 Å². The average Bonchev–Trinajstić information content (AvgIpc) is 3.32. The fraction of sp³-hybridized carbons (Fsp3) is 0.476. The summed E-state index contributed by atoms with van der Waals surface area (Å²) >= 11 is 0. The molecule has 3 atom stereocenters. The second kappa shape index (κ2) is 5.73. The van der Waals surface area contributed by atoms with Gasteiger partial charge in [-0.1, -0.05) is 29.8 Å². The topological polar surface area (TPSA) is 36.7 Å². The van der Waals surface area contributed by atoms with Crippen LogP contribution in [-0.4, -0.2) is 47.4 Å². The van der Waals surface area contributed by atoms with Crippen LogP contribution in [0.4, 0.5) is 0 Å². The number of fused-ring (bicyclic) bond motifs is 2. The predicted molar refractivity (Wildman–Crippen MR) is 95.5 cm³/mol. The van der Waals surface area contributed by atoms with Crippen LogP contribution in [0.25, 0.3) is 0 Å². The lowest BCUT2D eigenvalue weighted by molar-refractivity contribution is -0.00342. The maximum absolute atomic E-state index is 13.1. The van der Waals surface area contributed by atoms with Crippen LogP contribution in [0.3, 0.4) is 0 Å². The van der Waals surface area contributed by atoms with Crippen molar-refractivity contribution < 1.29 is 9.21 Å². The van der Waals surface area contributed by atoms with Crippen molar-refractivity contribution in [3.8, 4) is 0 Å². The number of hydrogen-bond acceptors (Lipinski definition) is 3. The molecule has 0 radical (unpaired) electrons. The standard InChI is InChI=1S/C21H24N2O2/c1-14-2-4-15(5-3-14)18-12-23(21(24)17-8-11-25-13-17)19-16-6-9-22(10-7-16)20(18)19/h2-5,8,11,13,16,18-20H,6-7,9-10,12H2,1H3/t18-,19-,20-/m0/s1. The van der Waals surface area contributed by atoms with Gasteiger partial charge in [0.05, 0.1) is 17.9 Å². The highest BCUT2D eigenvalue weighted by Gasteiger charge is 2.54. The van der Waals surface area contributed by atoms with Gasteiger partial charge in [-0.05, 0) is 50.4 Å². The molecule has 4 aliphatic rings. The third-order valence-corrected chi connectivity index (χ3v) is 6.53. The Kier molecular flexibility index (Phi) is 3.49. The first-order valence-electron chi connectivity index (χ1n) is 9.36. The van der Waals surface area contributed by atoms with Crippen molar-refractivity contribution in [3.63, 3.8) is 0 Å². The van der Waals surface area contributed by atoms with Gasteiger partial charge in [0.1, 0.15) is 6.26 Å². The van der Waals surface area contributed by atoms with Gasteiger partial charge in [-0.15, -0.1) is 0 Å². The number of furan rings is 1. The maximum atomic E-state index is 13.1. The molecular weight excluding hydrogens is 312 g/mol. The molecule has 6 rings (SSSR count). The summed E-state index contributed by atoms with van der Waals surface area (Å²) in [6, 6.07) is 11.5. The molecule has 4 heteroatoms. The fourth-order valence-corrected chi connectivity index (χ4v) is 5.31. The molecule has 0 spiro atoms. The summed E-state index contributed by atoms with van der Waals surface area (Å²) in [7, 11) is 0. The number of rotatable bonds is 2. The van der Waals surface area contributed by atoms with Crippen molar-refractivity contribution in [2.75, 3.05) is 19.6 Å². The van der Waals surface area contributed by atoms with Crippen LogP contribution >= 0.6 is 0 Å². The van der Waals surface area contributed by atoms with Crippen molar-refractivity contribution in [2.24, 2.45) is 5.92 Å². The molecule has 130 valence electrons. The van der Waals surface area contributed by atoms with Gasteiger partial charge in [-0.25, -0.2) is 0 Å². The zero-order valence-corrected chi connectivity index (χ0v) is 14.6. The molecule has 2 aromatic rings. The molecule has 4 fully saturated rings. The number of aryl methyl sites for hydroxylation is 1. The number of benzene rings is 1. The predicted octanol–water partition coefficient (Wildman–Crippen LogP) is 3.29. The molecule has 0 unspecified atom stereocenters. The van der Waals surface area contributed by atoms with E-state index in [1.807, 2.05) is 0 Å². The summed E-state index contributed by atoms with van der Waals surface area (Å²) in [4.78, 5) is 17.9. The summed E-state index contributed by atoms with van der Waals surface area (Å²) < 4.78 is 5.16. The SMILES string of the molecule is Cc1ccc([C@@H]2CN(C(=O)c3ccoc3)[C@H]3C4CCN(CC4)[C@@H]23)cc1. The Balaban J connectivity index is 1.53. The third kappa shape index (κ3) is 2.35. The smallest absolute Gasteiger partial charge is 0.257 e. The molecule has 1 amide bonds. The molecule has 0 N–H and O–H groups in total. The van der Waals surface area contributed by atoms with Gasteiger partial charge >= 0.3 is 0 Å². The second-order valence-electron chi connectivity index (χ2n) is 7.84. The molecule has 4 nitrogen and oxygen atoms in total. The number of piperidine rings is 3. The van der Waals surface area contributed by atoms with E-state index in [1.165, 1.54) is 37.1 Å². The first-order chi connectivity index (χ1) is 12.2. The van der Waals surface area contributed by atoms with Crippen LogP contribution in [0.15, 0.2) is 47.3 Å². The molecule has 0 saturated carbocycles. The van der Waals surface area contributed by atoms with E-state index < -0.39 is 0 Å². The van der Waals surface area contributed by atoms with E-state index in [0.717, 1.165) is 6.54 Å². The Labute approximate surface area is 148 Å². The number of likely N-dealkylation sites (tertiary alicyclic amines) is 1. The highest BCUT2D eigenvalue weighted by molar-refractivity contribution is 5.94. The first kappa shape index (κ1) is 15.2. The van der Waals surface area contributed by atoms with Crippen molar-refractivity contribution >= 4 is 5.91 Å². The maximum Gasteiger partial charge on any atom is 0.257 e. The Bertz CT molecular complexity index is 760. The normalized spacial score (nSPS) is 33.5. The van der Waals surface area contributed by atoms with Gasteiger partial charge in [-0.3, -0.25) is 9.69 Å². The lowest BCUT2D eigenvalue weighted by Crippen LogP contribution is -2.60. The van der Waals surface area contributed by atoms with Gasteiger partial charge in [0.25, 0.3) is 5.91 Å². The van der Waals surface area contributed by atoms with E-state index in [9.17, 15) is 4.79 Å². The van der Waals surface area contributed by atoms with Crippen LogP contribution < -0.4 is 0 Å². The lowest BCUT2D eigenvalue weighted by Gasteiger charge is -2.51. The molecule has 4 aliphatic heterocycles. The molecule has 1 aromatic carbocycles. The first-order valence-corrected chi connectivity index (χ1v) is 9.36. The van der Waals surface area contributed by atoms with E-state index in [-0.39, 0.29) is 5.91 Å². The van der Waals surface area contributed by atoms with E-state index in [1.54, 1.807) is 18.6 Å². The minimum atomic E-state index is 0.132. The molecule has 2 bridgehead atoms. The number of carbonyl (C=O) groups is 1. The summed E-state index contributed by atoms with van der Waals surface area (Å²) in [6.45, 7) is 5.31. The Morgan fingerprint density at radius 2 is 1.84 bits per heavy atom. The average molecular weight is 336 g/mol. The van der Waals surface area contributed by atoms with Crippen molar-refractivity contribution in [1.82, 2.24) is 9.80 Å².